The second-order valence-electron chi connectivity index (χ2n) is 7.80. The van der Waals surface area contributed by atoms with E-state index in [9.17, 15) is 14.9 Å². The summed E-state index contributed by atoms with van der Waals surface area (Å²) in [5.74, 6) is 1.34. The molecule has 2 fully saturated rings. The zero-order valence-corrected chi connectivity index (χ0v) is 16.5. The van der Waals surface area contributed by atoms with Crippen LogP contribution < -0.4 is 10.2 Å². The minimum absolute atomic E-state index is 0.0612. The molecule has 4 rings (SSSR count). The molecule has 2 aromatic rings. The minimum Gasteiger partial charge on any atom is -0.363 e. The molecule has 9 nitrogen and oxygen atoms in total. The maximum absolute atomic E-state index is 12.5. The average Bonchev–Trinajstić information content (AvgIpc) is 3.47. The Labute approximate surface area is 169 Å². The number of hydrogen-bond donors (Lipinski definition) is 1. The van der Waals surface area contributed by atoms with Gasteiger partial charge in [0, 0.05) is 38.3 Å². The molecule has 0 radical (unpaired) electrons. The lowest BCUT2D eigenvalue weighted by Crippen LogP contribution is -2.48. The van der Waals surface area contributed by atoms with E-state index in [1.165, 1.54) is 18.9 Å². The summed E-state index contributed by atoms with van der Waals surface area (Å²) in [6.45, 7) is 5.09. The Morgan fingerprint density at radius 1 is 1.24 bits per heavy atom. The highest BCUT2D eigenvalue weighted by atomic mass is 16.6. The van der Waals surface area contributed by atoms with E-state index >= 15 is 0 Å². The average molecular weight is 398 g/mol. The number of aromatic nitrogens is 2. The highest BCUT2D eigenvalue weighted by molar-refractivity contribution is 5.91. The van der Waals surface area contributed by atoms with E-state index < -0.39 is 0 Å². The molecule has 1 saturated heterocycles. The lowest BCUT2D eigenvalue weighted by Gasteiger charge is -2.35. The van der Waals surface area contributed by atoms with E-state index in [2.05, 4.69) is 22.2 Å². The first-order valence-electron chi connectivity index (χ1n) is 10.1. The normalized spacial score (nSPS) is 18.4. The van der Waals surface area contributed by atoms with Crippen molar-refractivity contribution in [2.75, 3.05) is 42.9 Å². The summed E-state index contributed by atoms with van der Waals surface area (Å²) >= 11 is 0. The van der Waals surface area contributed by atoms with Crippen LogP contribution in [0.4, 0.5) is 17.2 Å². The summed E-state index contributed by atoms with van der Waals surface area (Å²) in [4.78, 5) is 27.5. The van der Waals surface area contributed by atoms with Gasteiger partial charge in [-0.05, 0) is 31.7 Å². The second kappa shape index (κ2) is 8.20. The van der Waals surface area contributed by atoms with Crippen molar-refractivity contribution in [2.45, 2.75) is 25.8 Å². The molecule has 1 aliphatic carbocycles. The highest BCUT2D eigenvalue weighted by Gasteiger charge is 2.31. The number of anilines is 2. The van der Waals surface area contributed by atoms with Crippen LogP contribution in [-0.4, -0.2) is 58.2 Å². The summed E-state index contributed by atoms with van der Waals surface area (Å²) in [5.41, 5.74) is 0.760. The van der Waals surface area contributed by atoms with Gasteiger partial charge in [0.05, 0.1) is 23.7 Å². The smallest absolute Gasteiger partial charge is 0.292 e. The molecule has 29 heavy (non-hydrogen) atoms. The number of nitrogens with one attached hydrogen (secondary N) is 1. The van der Waals surface area contributed by atoms with Gasteiger partial charge in [0.25, 0.3) is 5.69 Å². The Morgan fingerprint density at radius 3 is 2.66 bits per heavy atom. The first kappa shape index (κ1) is 19.4. The first-order valence-corrected chi connectivity index (χ1v) is 10.1. The molecule has 1 aliphatic heterocycles. The van der Waals surface area contributed by atoms with E-state index in [4.69, 9.17) is 0 Å². The predicted molar refractivity (Wildman–Crippen MR) is 110 cm³/mol. The van der Waals surface area contributed by atoms with Gasteiger partial charge in [-0.1, -0.05) is 12.1 Å². The van der Waals surface area contributed by atoms with Crippen LogP contribution in [0.5, 0.6) is 0 Å². The molecule has 1 aromatic carbocycles. The third kappa shape index (κ3) is 4.40. The van der Waals surface area contributed by atoms with Gasteiger partial charge in [0.1, 0.15) is 11.5 Å². The van der Waals surface area contributed by atoms with Crippen molar-refractivity contribution in [1.29, 1.82) is 0 Å². The Morgan fingerprint density at radius 2 is 1.97 bits per heavy atom. The highest BCUT2D eigenvalue weighted by Crippen LogP contribution is 2.40. The monoisotopic (exact) mass is 398 g/mol. The number of benzene rings is 1. The third-order valence-electron chi connectivity index (χ3n) is 5.79. The van der Waals surface area contributed by atoms with Crippen LogP contribution in [0.3, 0.4) is 0 Å². The molecule has 9 heteroatoms. The van der Waals surface area contributed by atoms with Gasteiger partial charge in [0.2, 0.25) is 5.91 Å². The molecule has 1 aromatic heterocycles. The van der Waals surface area contributed by atoms with Gasteiger partial charge >= 0.3 is 0 Å². The van der Waals surface area contributed by atoms with Gasteiger partial charge < -0.3 is 10.2 Å². The fraction of sp³-hybridized carbons (Fsp3) is 0.500. The second-order valence-corrected chi connectivity index (χ2v) is 7.80. The lowest BCUT2D eigenvalue weighted by molar-refractivity contribution is -0.384. The number of para-hydroxylation sites is 2. The van der Waals surface area contributed by atoms with Crippen molar-refractivity contribution in [1.82, 2.24) is 14.7 Å². The zero-order valence-electron chi connectivity index (χ0n) is 16.5. The van der Waals surface area contributed by atoms with Crippen LogP contribution in [0.15, 0.2) is 36.5 Å². The Balaban J connectivity index is 1.31. The number of hydrogen-bond acceptors (Lipinski definition) is 6. The lowest BCUT2D eigenvalue weighted by atomic mass is 10.2. The fourth-order valence-electron chi connectivity index (χ4n) is 3.93. The maximum Gasteiger partial charge on any atom is 0.292 e. The van der Waals surface area contributed by atoms with E-state index in [1.54, 1.807) is 18.3 Å². The predicted octanol–water partition coefficient (Wildman–Crippen LogP) is 2.52. The van der Waals surface area contributed by atoms with Gasteiger partial charge in [-0.25, -0.2) is 4.68 Å². The molecule has 0 bridgehead atoms. The van der Waals surface area contributed by atoms with Crippen LogP contribution in [-0.2, 0) is 4.79 Å². The zero-order chi connectivity index (χ0) is 20.4. The van der Waals surface area contributed by atoms with Crippen molar-refractivity contribution >= 4 is 23.1 Å². The van der Waals surface area contributed by atoms with Crippen LogP contribution in [0.25, 0.3) is 0 Å². The number of nitrogens with zero attached hydrogens (tertiary/aromatic N) is 5. The van der Waals surface area contributed by atoms with Crippen molar-refractivity contribution in [3.63, 3.8) is 0 Å². The van der Waals surface area contributed by atoms with Gasteiger partial charge in [-0.3, -0.25) is 19.8 Å². The van der Waals surface area contributed by atoms with Crippen molar-refractivity contribution in [3.05, 3.63) is 46.6 Å². The van der Waals surface area contributed by atoms with Gasteiger partial charge in [0.15, 0.2) is 0 Å². The summed E-state index contributed by atoms with van der Waals surface area (Å²) < 4.78 is 1.90. The summed E-state index contributed by atoms with van der Waals surface area (Å²) in [7, 11) is 0. The molecule has 1 amide bonds. The number of nitro benzene ring substituents is 1. The number of nitro groups is 1. The van der Waals surface area contributed by atoms with E-state index in [0.717, 1.165) is 5.82 Å². The fourth-order valence-corrected chi connectivity index (χ4v) is 3.93. The topological polar surface area (TPSA) is 96.5 Å². The molecular formula is C20H26N6O3. The van der Waals surface area contributed by atoms with Crippen molar-refractivity contribution in [3.8, 4) is 0 Å². The quantitative estimate of drug-likeness (QED) is 0.569. The number of rotatable bonds is 7. The molecule has 2 heterocycles. The standard InChI is InChI=1S/C20H26N6O3/c1-15(16-6-7-16)25-19(8-9-21-25)22-20(27)14-23-10-12-24(13-11-23)17-4-2-3-5-18(17)26(28)29/h2-5,8-9,15-16H,6-7,10-14H2,1H3,(H,22,27). The largest absolute Gasteiger partial charge is 0.363 e. The summed E-state index contributed by atoms with van der Waals surface area (Å²) in [5, 5.41) is 18.6. The van der Waals surface area contributed by atoms with E-state index in [0.29, 0.717) is 50.4 Å². The molecular weight excluding hydrogens is 372 g/mol. The van der Waals surface area contributed by atoms with E-state index in [1.807, 2.05) is 21.7 Å². The van der Waals surface area contributed by atoms with Gasteiger partial charge in [-0.2, -0.15) is 5.10 Å². The van der Waals surface area contributed by atoms with Crippen LogP contribution in [0, 0.1) is 16.0 Å². The minimum atomic E-state index is -0.346. The molecule has 1 N–H and O–H groups in total. The number of amides is 1. The summed E-state index contributed by atoms with van der Waals surface area (Å²) in [6, 6.07) is 8.93. The maximum atomic E-state index is 12.5. The van der Waals surface area contributed by atoms with Crippen LogP contribution >= 0.6 is 0 Å². The van der Waals surface area contributed by atoms with Crippen LogP contribution in [0.1, 0.15) is 25.8 Å². The Bertz CT molecular complexity index is 886. The van der Waals surface area contributed by atoms with Crippen molar-refractivity contribution in [2.24, 2.45) is 5.92 Å². The Hall–Kier alpha value is -2.94. The number of carbonyl (C=O) groups is 1. The van der Waals surface area contributed by atoms with Gasteiger partial charge in [-0.15, -0.1) is 0 Å². The molecule has 1 atom stereocenters. The van der Waals surface area contributed by atoms with E-state index in [-0.39, 0.29) is 16.5 Å². The Kier molecular flexibility index (Phi) is 5.48. The molecule has 2 aliphatic rings. The third-order valence-corrected chi connectivity index (χ3v) is 5.79. The van der Waals surface area contributed by atoms with Crippen molar-refractivity contribution < 1.29 is 9.72 Å². The summed E-state index contributed by atoms with van der Waals surface area (Å²) in [6.07, 6.45) is 4.16. The first-order chi connectivity index (χ1) is 14.0. The molecule has 0 spiro atoms. The SMILES string of the molecule is CC(C1CC1)n1nccc1NC(=O)CN1CCN(c2ccccc2[N+](=O)[O-])CC1. The molecule has 1 saturated carbocycles. The number of carbonyl (C=O) groups excluding carboxylic acids is 1. The molecule has 1 unspecified atom stereocenters. The van der Waals surface area contributed by atoms with Crippen LogP contribution in [0.2, 0.25) is 0 Å². The molecule has 154 valence electrons. The number of piperazine rings is 1.